The Kier molecular flexibility index (Phi) is 18.7. The van der Waals surface area contributed by atoms with Gasteiger partial charge in [0.2, 0.25) is 11.8 Å². The minimum atomic E-state index is -4.79. The number of carbonyl (C=O) groups is 6. The molecule has 406 valence electrons. The molecule has 17 nitrogen and oxygen atoms in total. The third-order valence-corrected chi connectivity index (χ3v) is 12.5. The molecule has 0 saturated carbocycles. The van der Waals surface area contributed by atoms with E-state index in [0.29, 0.717) is 11.1 Å². The van der Waals surface area contributed by atoms with Crippen molar-refractivity contribution in [3.8, 4) is 0 Å². The number of halogens is 6. The van der Waals surface area contributed by atoms with E-state index in [1.54, 1.807) is 74.3 Å². The van der Waals surface area contributed by atoms with Gasteiger partial charge >= 0.3 is 36.4 Å². The quantitative estimate of drug-likeness (QED) is 0.0537. The van der Waals surface area contributed by atoms with E-state index in [9.17, 15) is 65.3 Å². The van der Waals surface area contributed by atoms with Crippen LogP contribution >= 0.6 is 0 Å². The first kappa shape index (κ1) is 57.5. The van der Waals surface area contributed by atoms with E-state index in [1.165, 1.54) is 26.0 Å². The predicted molar refractivity (Wildman–Crippen MR) is 265 cm³/mol. The summed E-state index contributed by atoms with van der Waals surface area (Å²) in [5.41, 5.74) is -0.694. The highest BCUT2D eigenvalue weighted by Crippen LogP contribution is 2.43. The van der Waals surface area contributed by atoms with Crippen LogP contribution in [0.4, 0.5) is 47.3 Å². The maximum atomic E-state index is 14.5. The molecule has 0 saturated heterocycles. The molecule has 0 aliphatic carbocycles. The monoisotopic (exact) mass is 1070 g/mol. The van der Waals surface area contributed by atoms with Gasteiger partial charge < -0.3 is 45.0 Å². The van der Waals surface area contributed by atoms with Gasteiger partial charge in [0, 0.05) is 37.6 Å². The fraction of sp³-hybridized carbons (Fsp3) is 0.358. The zero-order valence-electron chi connectivity index (χ0n) is 42.1. The molecule has 6 rings (SSSR count). The van der Waals surface area contributed by atoms with Gasteiger partial charge in [-0.1, -0.05) is 71.8 Å². The van der Waals surface area contributed by atoms with Gasteiger partial charge in [0.15, 0.2) is 0 Å². The molecule has 4 aromatic rings. The van der Waals surface area contributed by atoms with Gasteiger partial charge in [-0.05, 0) is 82.3 Å². The number of carbonyl (C=O) groups excluding carboxylic acids is 6. The first-order valence-corrected chi connectivity index (χ1v) is 23.8. The molecule has 6 amide bonds. The van der Waals surface area contributed by atoms with Crippen LogP contribution in [0.1, 0.15) is 59.3 Å². The van der Waals surface area contributed by atoms with Crippen LogP contribution < -0.4 is 20.4 Å². The highest BCUT2D eigenvalue weighted by atomic mass is 19.4. The lowest BCUT2D eigenvalue weighted by molar-refractivity contribution is -0.141. The number of hydrogen-bond donors (Lipinski definition) is 4. The molecule has 2 aliphatic rings. The minimum absolute atomic E-state index is 0.0230. The molecule has 23 heteroatoms. The first-order valence-electron chi connectivity index (χ1n) is 23.8. The van der Waals surface area contributed by atoms with Crippen molar-refractivity contribution in [2.45, 2.75) is 52.1 Å². The van der Waals surface area contributed by atoms with Crippen molar-refractivity contribution in [1.29, 1.82) is 0 Å². The number of likely N-dealkylation sites (N-methyl/N-ethyl adjacent to an activating group) is 1. The third-order valence-electron chi connectivity index (χ3n) is 12.5. The average Bonchev–Trinajstić information content (AvgIpc) is 3.38. The molecule has 4 aromatic carbocycles. The number of aryl methyl sites for hydroxylation is 2. The number of hydrogen-bond acceptors (Lipinski definition) is 11. The highest BCUT2D eigenvalue weighted by molar-refractivity contribution is 6.05. The van der Waals surface area contributed by atoms with E-state index in [0.717, 1.165) is 67.1 Å². The van der Waals surface area contributed by atoms with Crippen molar-refractivity contribution >= 4 is 47.2 Å². The summed E-state index contributed by atoms with van der Waals surface area (Å²) in [6.07, 6.45) is -9.58. The first-order chi connectivity index (χ1) is 36.0. The number of anilines is 2. The van der Waals surface area contributed by atoms with Gasteiger partial charge in [-0.25, -0.2) is 19.2 Å². The van der Waals surface area contributed by atoms with Crippen molar-refractivity contribution < 1.29 is 74.8 Å². The van der Waals surface area contributed by atoms with Crippen LogP contribution in [0.25, 0.3) is 0 Å². The average molecular weight is 1070 g/mol. The number of aliphatic hydroxyl groups is 2. The Bertz CT molecular complexity index is 2670. The van der Waals surface area contributed by atoms with E-state index in [1.807, 2.05) is 0 Å². The number of amides is 6. The Morgan fingerprint density at radius 2 is 0.934 bits per heavy atom. The SMILES string of the molecule is CC1=C(C(=O)OCCO)C(c2ccc(C)cc2)N(CC(=O)NCCN(C)CCNC(=O)CN2C(=O)N(c3cccc(C(F)(F)F)c3)C(C)=C(C(=O)OCCO)C2c2ccc(C)cc2)C(=O)N1c1cccc(C(F)(F)F)c1. The second-order valence-corrected chi connectivity index (χ2v) is 17.9. The largest absolute Gasteiger partial charge is 0.460 e. The summed E-state index contributed by atoms with van der Waals surface area (Å²) in [5.74, 6) is -3.39. The number of alkyl halides is 6. The molecule has 0 fully saturated rings. The van der Waals surface area contributed by atoms with E-state index >= 15 is 0 Å². The number of ether oxygens (including phenoxy) is 2. The Morgan fingerprint density at radius 3 is 1.26 bits per heavy atom. The summed E-state index contributed by atoms with van der Waals surface area (Å²) in [5, 5.41) is 24.4. The number of nitrogens with one attached hydrogen (secondary N) is 2. The molecule has 2 heterocycles. The van der Waals surface area contributed by atoms with Crippen LogP contribution in [-0.4, -0.2) is 133 Å². The number of urea groups is 2. The molecule has 2 atom stereocenters. The number of aliphatic hydroxyl groups excluding tert-OH is 2. The predicted octanol–water partition coefficient (Wildman–Crippen LogP) is 6.79. The van der Waals surface area contributed by atoms with E-state index < -0.39 is 111 Å². The zero-order valence-corrected chi connectivity index (χ0v) is 42.1. The molecule has 0 aromatic heterocycles. The summed E-state index contributed by atoms with van der Waals surface area (Å²) in [4.78, 5) is 89.7. The van der Waals surface area contributed by atoms with E-state index in [-0.39, 0.29) is 60.1 Å². The summed E-state index contributed by atoms with van der Waals surface area (Å²) >= 11 is 0. The lowest BCUT2D eigenvalue weighted by Gasteiger charge is -2.42. The Balaban J connectivity index is 1.17. The van der Waals surface area contributed by atoms with Crippen molar-refractivity contribution in [2.75, 3.05) is 82.5 Å². The molecule has 76 heavy (non-hydrogen) atoms. The molecule has 4 N–H and O–H groups in total. The van der Waals surface area contributed by atoms with Gasteiger partial charge in [0.25, 0.3) is 0 Å². The van der Waals surface area contributed by atoms with Crippen LogP contribution in [0.5, 0.6) is 0 Å². The second kappa shape index (κ2) is 24.7. The van der Waals surface area contributed by atoms with E-state index in [2.05, 4.69) is 10.6 Å². The van der Waals surface area contributed by atoms with Crippen molar-refractivity contribution in [2.24, 2.45) is 0 Å². The number of allylic oxidation sites excluding steroid dienone is 2. The topological polar surface area (TPSA) is 202 Å². The Labute approximate surface area is 433 Å². The summed E-state index contributed by atoms with van der Waals surface area (Å²) in [6, 6.07) is 16.8. The van der Waals surface area contributed by atoms with Crippen LogP contribution in [0.2, 0.25) is 0 Å². The third kappa shape index (κ3) is 13.6. The molecule has 2 unspecified atom stereocenters. The maximum absolute atomic E-state index is 14.5. The number of benzene rings is 4. The fourth-order valence-corrected chi connectivity index (χ4v) is 8.73. The minimum Gasteiger partial charge on any atom is -0.460 e. The summed E-state index contributed by atoms with van der Waals surface area (Å²) < 4.78 is 94.0. The lowest BCUT2D eigenvalue weighted by atomic mass is 9.92. The number of esters is 2. The second-order valence-electron chi connectivity index (χ2n) is 17.9. The van der Waals surface area contributed by atoms with Crippen LogP contribution in [0.15, 0.2) is 120 Å². The van der Waals surface area contributed by atoms with Crippen molar-refractivity contribution in [3.05, 3.63) is 153 Å². The Morgan fingerprint density at radius 1 is 0.579 bits per heavy atom. The van der Waals surface area contributed by atoms with Crippen molar-refractivity contribution in [3.63, 3.8) is 0 Å². The van der Waals surface area contributed by atoms with Gasteiger partial charge in [0.05, 0.1) is 58.9 Å². The molecule has 0 bridgehead atoms. The smallest absolute Gasteiger partial charge is 0.416 e. The van der Waals surface area contributed by atoms with Crippen LogP contribution in [-0.2, 0) is 41.0 Å². The molecule has 2 aliphatic heterocycles. The molecular formula is C53H57F6N7O10. The number of rotatable bonds is 20. The summed E-state index contributed by atoms with van der Waals surface area (Å²) in [7, 11) is 1.66. The van der Waals surface area contributed by atoms with Gasteiger partial charge in [-0.15, -0.1) is 0 Å². The summed E-state index contributed by atoms with van der Waals surface area (Å²) in [6.45, 7) is 3.28. The fourth-order valence-electron chi connectivity index (χ4n) is 8.73. The van der Waals surface area contributed by atoms with Gasteiger partial charge in [-0.2, -0.15) is 26.3 Å². The van der Waals surface area contributed by atoms with Crippen LogP contribution in [0, 0.1) is 13.8 Å². The molecule has 0 spiro atoms. The maximum Gasteiger partial charge on any atom is 0.416 e. The lowest BCUT2D eigenvalue weighted by Crippen LogP contribution is -2.54. The van der Waals surface area contributed by atoms with E-state index in [4.69, 9.17) is 9.47 Å². The Hall–Kier alpha value is -7.76. The van der Waals surface area contributed by atoms with Gasteiger partial charge in [0.1, 0.15) is 26.3 Å². The van der Waals surface area contributed by atoms with Crippen molar-refractivity contribution in [1.82, 2.24) is 25.3 Å². The number of nitrogens with zero attached hydrogens (tertiary/aromatic N) is 5. The normalized spacial score (nSPS) is 16.4. The molecular weight excluding hydrogens is 1010 g/mol. The zero-order chi connectivity index (χ0) is 55.6. The van der Waals surface area contributed by atoms with Gasteiger partial charge in [-0.3, -0.25) is 19.4 Å². The molecule has 0 radical (unpaired) electrons. The van der Waals surface area contributed by atoms with Crippen LogP contribution in [0.3, 0.4) is 0 Å². The highest BCUT2D eigenvalue weighted by Gasteiger charge is 2.46. The standard InChI is InChI=1S/C53H57F6N7O10/c1-32-12-16-36(17-13-32)46-44(48(71)75-26-24-67)34(3)65(40-10-6-8-38(28-40)52(54,55)56)50(73)63(46)30-42(69)60-20-22-62(5)23-21-61-43(70)31-64-47(37-18-14-33(2)15-19-37)45(49(72)76-27-25-68)35(4)66(51(64)74)41-11-7-9-39(29-41)53(57,58)59/h6-19,28-29,46-47,67-68H,20-27,30-31H2,1-5H3,(H,60,69)(H,61,70).